The number of benzene rings is 1. The fraction of sp³-hybridized carbons (Fsp3) is 0.435. The van der Waals surface area contributed by atoms with Crippen LogP contribution < -0.4 is 10.6 Å². The third-order valence-corrected chi connectivity index (χ3v) is 4.86. The fourth-order valence-electron chi connectivity index (χ4n) is 3.19. The van der Waals surface area contributed by atoms with E-state index in [1.165, 1.54) is 21.6 Å². The average molecular weight is 460 g/mol. The molecule has 10 nitrogen and oxygen atoms in total. The van der Waals surface area contributed by atoms with Gasteiger partial charge in [0.25, 0.3) is 11.8 Å². The summed E-state index contributed by atoms with van der Waals surface area (Å²) >= 11 is 0. The third kappa shape index (κ3) is 5.39. The van der Waals surface area contributed by atoms with Crippen molar-refractivity contribution in [3.63, 3.8) is 0 Å². The second kappa shape index (κ2) is 10.3. The molecule has 1 aromatic carbocycles. The zero-order chi connectivity index (χ0) is 25.0. The number of hydrogen-bond donors (Lipinski definition) is 5. The van der Waals surface area contributed by atoms with Crippen LogP contribution in [0.1, 0.15) is 45.0 Å². The molecule has 5 N–H and O–H groups in total. The highest BCUT2D eigenvalue weighted by Gasteiger charge is 2.26. The fourth-order valence-corrected chi connectivity index (χ4v) is 3.19. The van der Waals surface area contributed by atoms with Crippen molar-refractivity contribution in [3.8, 4) is 17.5 Å². The van der Waals surface area contributed by atoms with Crippen LogP contribution >= 0.6 is 0 Å². The van der Waals surface area contributed by atoms with Gasteiger partial charge in [-0.1, -0.05) is 19.9 Å². The van der Waals surface area contributed by atoms with E-state index < -0.39 is 11.8 Å². The van der Waals surface area contributed by atoms with Gasteiger partial charge in [0.2, 0.25) is 11.8 Å². The van der Waals surface area contributed by atoms with Crippen molar-refractivity contribution >= 4 is 34.6 Å². The summed E-state index contributed by atoms with van der Waals surface area (Å²) in [5.41, 5.74) is 0.291. The Morgan fingerprint density at radius 3 is 2.24 bits per heavy atom. The summed E-state index contributed by atoms with van der Waals surface area (Å²) in [6, 6.07) is 4.45. The number of carbonyl (C=O) groups is 2. The Hall–Kier alpha value is -3.69. The monoisotopic (exact) mass is 459 g/mol. The number of amides is 2. The van der Waals surface area contributed by atoms with Gasteiger partial charge in [-0.05, 0) is 32.9 Å². The first kappa shape index (κ1) is 25.6. The standard InChI is InChI=1S/C23H33N5O5/c1-8-28-22(32)17(25-15-11-9-10-14(19(15)29)21(31)27(6)7)18(23(28)33)26-16(12(2)3)20(30)24-13(4)5/h9-13,25,29,32-33H,8H2,1-7H3,(H,24,30). The van der Waals surface area contributed by atoms with Crippen molar-refractivity contribution in [3.05, 3.63) is 23.8 Å². The Morgan fingerprint density at radius 1 is 1.09 bits per heavy atom. The van der Waals surface area contributed by atoms with Crippen LogP contribution in [-0.4, -0.2) is 62.4 Å². The van der Waals surface area contributed by atoms with Crippen molar-refractivity contribution in [2.45, 2.75) is 47.2 Å². The lowest BCUT2D eigenvalue weighted by Crippen LogP contribution is -2.38. The normalized spacial score (nSPS) is 11.7. The zero-order valence-electron chi connectivity index (χ0n) is 20.1. The maximum atomic E-state index is 12.7. The lowest BCUT2D eigenvalue weighted by Gasteiger charge is -2.15. The van der Waals surface area contributed by atoms with Crippen LogP contribution in [0.2, 0.25) is 0 Å². The Kier molecular flexibility index (Phi) is 7.97. The van der Waals surface area contributed by atoms with Gasteiger partial charge in [-0.15, -0.1) is 0 Å². The van der Waals surface area contributed by atoms with Gasteiger partial charge >= 0.3 is 0 Å². The number of aromatic hydroxyl groups is 3. The van der Waals surface area contributed by atoms with E-state index >= 15 is 0 Å². The SMILES string of the molecule is CCn1c(O)c(N=C(C(=O)NC(C)C)C(C)C)c(Nc2cccc(C(=O)N(C)C)c2O)c1O. The molecule has 0 aliphatic heterocycles. The summed E-state index contributed by atoms with van der Waals surface area (Å²) in [7, 11) is 3.13. The van der Waals surface area contributed by atoms with Crippen molar-refractivity contribution < 1.29 is 24.9 Å². The first-order valence-electron chi connectivity index (χ1n) is 10.7. The van der Waals surface area contributed by atoms with Crippen LogP contribution in [0.3, 0.4) is 0 Å². The van der Waals surface area contributed by atoms with Crippen LogP contribution in [0.25, 0.3) is 0 Å². The zero-order valence-corrected chi connectivity index (χ0v) is 20.1. The van der Waals surface area contributed by atoms with Gasteiger partial charge < -0.3 is 30.9 Å². The second-order valence-corrected chi connectivity index (χ2v) is 8.42. The van der Waals surface area contributed by atoms with Crippen molar-refractivity contribution in [2.24, 2.45) is 10.9 Å². The lowest BCUT2D eigenvalue weighted by atomic mass is 10.1. The number of rotatable bonds is 8. The molecule has 1 heterocycles. The number of nitrogens with one attached hydrogen (secondary N) is 2. The quantitative estimate of drug-likeness (QED) is 0.303. The van der Waals surface area contributed by atoms with Gasteiger partial charge in [0, 0.05) is 32.6 Å². The molecule has 0 saturated carbocycles. The number of carbonyl (C=O) groups excluding carboxylic acids is 2. The van der Waals surface area contributed by atoms with Gasteiger partial charge in [-0.3, -0.25) is 14.2 Å². The first-order valence-corrected chi connectivity index (χ1v) is 10.7. The Morgan fingerprint density at radius 2 is 1.73 bits per heavy atom. The molecule has 2 aromatic rings. The largest absolute Gasteiger partial charge is 0.505 e. The van der Waals surface area contributed by atoms with Gasteiger partial charge in [-0.2, -0.15) is 0 Å². The maximum Gasteiger partial charge on any atom is 0.266 e. The Balaban J connectivity index is 2.66. The van der Waals surface area contributed by atoms with Crippen LogP contribution in [0.4, 0.5) is 17.1 Å². The molecule has 0 bridgehead atoms. The molecule has 180 valence electrons. The number of phenolic OH excluding ortho intramolecular Hbond substituents is 1. The summed E-state index contributed by atoms with van der Waals surface area (Å²) in [6.07, 6.45) is 0. The number of nitrogens with zero attached hydrogens (tertiary/aromatic N) is 3. The second-order valence-electron chi connectivity index (χ2n) is 8.42. The number of aliphatic imine (C=N–C) groups is 1. The highest BCUT2D eigenvalue weighted by Crippen LogP contribution is 2.48. The van der Waals surface area contributed by atoms with E-state index in [0.717, 1.165) is 0 Å². The van der Waals surface area contributed by atoms with Crippen LogP contribution in [-0.2, 0) is 11.3 Å². The summed E-state index contributed by atoms with van der Waals surface area (Å²) in [5.74, 6) is -2.07. The minimum absolute atomic E-state index is 0.00500. The van der Waals surface area contributed by atoms with Crippen molar-refractivity contribution in [2.75, 3.05) is 19.4 Å². The van der Waals surface area contributed by atoms with E-state index in [9.17, 15) is 24.9 Å². The molecule has 0 aliphatic carbocycles. The summed E-state index contributed by atoms with van der Waals surface area (Å²) in [6.45, 7) is 9.18. The maximum absolute atomic E-state index is 12.7. The van der Waals surface area contributed by atoms with Gasteiger partial charge in [0.1, 0.15) is 11.4 Å². The molecule has 1 aromatic heterocycles. The Bertz CT molecular complexity index is 1070. The highest BCUT2D eigenvalue weighted by atomic mass is 16.3. The molecule has 0 aliphatic rings. The molecular formula is C23H33N5O5. The minimum Gasteiger partial charge on any atom is -0.505 e. The van der Waals surface area contributed by atoms with E-state index in [1.807, 2.05) is 13.8 Å². The molecule has 2 rings (SSSR count). The smallest absolute Gasteiger partial charge is 0.266 e. The number of anilines is 2. The van der Waals surface area contributed by atoms with Crippen LogP contribution in [0, 0.1) is 5.92 Å². The molecule has 10 heteroatoms. The number of hydrogen-bond acceptors (Lipinski definition) is 7. The summed E-state index contributed by atoms with van der Waals surface area (Å²) in [5, 5.41) is 37.8. The molecule has 33 heavy (non-hydrogen) atoms. The van der Waals surface area contributed by atoms with Crippen molar-refractivity contribution in [1.82, 2.24) is 14.8 Å². The highest BCUT2D eigenvalue weighted by molar-refractivity contribution is 6.40. The molecule has 0 fully saturated rings. The summed E-state index contributed by atoms with van der Waals surface area (Å²) in [4.78, 5) is 30.8. The first-order chi connectivity index (χ1) is 15.4. The van der Waals surface area contributed by atoms with E-state index in [0.29, 0.717) is 0 Å². The predicted octanol–water partition coefficient (Wildman–Crippen LogP) is 3.32. The van der Waals surface area contributed by atoms with Crippen LogP contribution in [0.5, 0.6) is 17.5 Å². The van der Waals surface area contributed by atoms with Gasteiger partial charge in [-0.25, -0.2) is 4.99 Å². The summed E-state index contributed by atoms with van der Waals surface area (Å²) < 4.78 is 1.21. The lowest BCUT2D eigenvalue weighted by molar-refractivity contribution is -0.115. The van der Waals surface area contributed by atoms with E-state index in [4.69, 9.17) is 0 Å². The number of aromatic nitrogens is 1. The van der Waals surface area contributed by atoms with Crippen molar-refractivity contribution in [1.29, 1.82) is 0 Å². The van der Waals surface area contributed by atoms with E-state index in [2.05, 4.69) is 15.6 Å². The van der Waals surface area contributed by atoms with Crippen LogP contribution in [0.15, 0.2) is 23.2 Å². The van der Waals surface area contributed by atoms with E-state index in [-0.39, 0.29) is 64.4 Å². The molecule has 0 saturated heterocycles. The molecule has 0 radical (unpaired) electrons. The number of phenols is 1. The van der Waals surface area contributed by atoms with Gasteiger partial charge in [0.05, 0.1) is 11.3 Å². The molecule has 2 amide bonds. The molecular weight excluding hydrogens is 426 g/mol. The Labute approximate surface area is 193 Å². The predicted molar refractivity (Wildman–Crippen MR) is 128 cm³/mol. The minimum atomic E-state index is -0.403. The molecule has 0 spiro atoms. The number of para-hydroxylation sites is 1. The molecule has 0 unspecified atom stereocenters. The van der Waals surface area contributed by atoms with Gasteiger partial charge in [0.15, 0.2) is 11.4 Å². The third-order valence-electron chi connectivity index (χ3n) is 4.86. The topological polar surface area (TPSA) is 139 Å². The average Bonchev–Trinajstić information content (AvgIpc) is 2.94. The molecule has 0 atom stereocenters. The van der Waals surface area contributed by atoms with E-state index in [1.54, 1.807) is 40.9 Å².